The molecule has 1 aliphatic rings. The minimum atomic E-state index is -0.172. The van der Waals surface area contributed by atoms with Crippen LogP contribution in [0.3, 0.4) is 0 Å². The SMILES string of the molecule is COC(=O)C(CN)C1CCN(Cc2ccccc2)C1. The molecule has 0 bridgehead atoms. The molecule has 0 spiro atoms. The standard InChI is InChI=1S/C15H22N2O2/c1-19-15(18)14(9-16)13-7-8-17(11-13)10-12-5-3-2-4-6-12/h2-6,13-14H,7-11,16H2,1H3. The molecular formula is C15H22N2O2. The van der Waals surface area contributed by atoms with E-state index >= 15 is 0 Å². The van der Waals surface area contributed by atoms with Gasteiger partial charge in [0.2, 0.25) is 0 Å². The number of hydrogen-bond donors (Lipinski definition) is 1. The summed E-state index contributed by atoms with van der Waals surface area (Å²) >= 11 is 0. The van der Waals surface area contributed by atoms with Crippen LogP contribution in [0.5, 0.6) is 0 Å². The fourth-order valence-electron chi connectivity index (χ4n) is 2.81. The summed E-state index contributed by atoms with van der Waals surface area (Å²) in [4.78, 5) is 14.1. The number of rotatable bonds is 5. The molecule has 1 aliphatic heterocycles. The lowest BCUT2D eigenvalue weighted by atomic mass is 9.92. The van der Waals surface area contributed by atoms with E-state index in [0.29, 0.717) is 12.5 Å². The topological polar surface area (TPSA) is 55.6 Å². The van der Waals surface area contributed by atoms with Crippen LogP contribution in [0, 0.1) is 11.8 Å². The lowest BCUT2D eigenvalue weighted by molar-refractivity contribution is -0.146. The normalized spacial score (nSPS) is 21.3. The van der Waals surface area contributed by atoms with Gasteiger partial charge in [0.05, 0.1) is 13.0 Å². The number of nitrogens with zero attached hydrogens (tertiary/aromatic N) is 1. The molecule has 4 nitrogen and oxygen atoms in total. The molecule has 1 aromatic carbocycles. The van der Waals surface area contributed by atoms with Gasteiger partial charge < -0.3 is 10.5 Å². The van der Waals surface area contributed by atoms with Gasteiger partial charge in [0.1, 0.15) is 0 Å². The second-order valence-electron chi connectivity index (χ2n) is 5.13. The molecule has 1 aromatic rings. The van der Waals surface area contributed by atoms with E-state index in [0.717, 1.165) is 26.1 Å². The van der Waals surface area contributed by atoms with E-state index in [4.69, 9.17) is 10.5 Å². The maximum Gasteiger partial charge on any atom is 0.310 e. The molecular weight excluding hydrogens is 240 g/mol. The number of nitrogens with two attached hydrogens (primary N) is 1. The Balaban J connectivity index is 1.90. The number of methoxy groups -OCH3 is 1. The van der Waals surface area contributed by atoms with Gasteiger partial charge >= 0.3 is 5.97 Å². The molecule has 1 heterocycles. The van der Waals surface area contributed by atoms with E-state index in [-0.39, 0.29) is 11.9 Å². The molecule has 104 valence electrons. The van der Waals surface area contributed by atoms with Crippen molar-refractivity contribution >= 4 is 5.97 Å². The van der Waals surface area contributed by atoms with Crippen molar-refractivity contribution in [3.63, 3.8) is 0 Å². The Morgan fingerprint density at radius 1 is 1.47 bits per heavy atom. The van der Waals surface area contributed by atoms with Gasteiger partial charge in [-0.05, 0) is 24.4 Å². The zero-order chi connectivity index (χ0) is 13.7. The first kappa shape index (κ1) is 14.0. The Bertz CT molecular complexity index is 408. The minimum absolute atomic E-state index is 0.161. The lowest BCUT2D eigenvalue weighted by Gasteiger charge is -2.20. The molecule has 0 aliphatic carbocycles. The maximum absolute atomic E-state index is 11.7. The van der Waals surface area contributed by atoms with Crippen LogP contribution in [0.15, 0.2) is 30.3 Å². The fraction of sp³-hybridized carbons (Fsp3) is 0.533. The van der Waals surface area contributed by atoms with Gasteiger partial charge in [-0.25, -0.2) is 0 Å². The van der Waals surface area contributed by atoms with E-state index in [1.54, 1.807) is 0 Å². The Morgan fingerprint density at radius 3 is 2.84 bits per heavy atom. The maximum atomic E-state index is 11.7. The molecule has 1 saturated heterocycles. The second-order valence-corrected chi connectivity index (χ2v) is 5.13. The summed E-state index contributed by atoms with van der Waals surface area (Å²) in [5.74, 6) is -0.0130. The lowest BCUT2D eigenvalue weighted by Crippen LogP contribution is -2.33. The van der Waals surface area contributed by atoms with Crippen molar-refractivity contribution < 1.29 is 9.53 Å². The van der Waals surface area contributed by atoms with Crippen LogP contribution < -0.4 is 5.73 Å². The van der Waals surface area contributed by atoms with Gasteiger partial charge in [-0.3, -0.25) is 9.69 Å². The first-order chi connectivity index (χ1) is 9.24. The van der Waals surface area contributed by atoms with Gasteiger partial charge in [0.15, 0.2) is 0 Å². The van der Waals surface area contributed by atoms with Crippen molar-refractivity contribution in [2.75, 3.05) is 26.7 Å². The van der Waals surface area contributed by atoms with E-state index in [1.165, 1.54) is 12.7 Å². The van der Waals surface area contributed by atoms with Crippen molar-refractivity contribution in [3.05, 3.63) is 35.9 Å². The van der Waals surface area contributed by atoms with Crippen molar-refractivity contribution in [1.82, 2.24) is 4.90 Å². The largest absolute Gasteiger partial charge is 0.469 e. The molecule has 19 heavy (non-hydrogen) atoms. The average molecular weight is 262 g/mol. The van der Waals surface area contributed by atoms with Crippen molar-refractivity contribution in [2.24, 2.45) is 17.6 Å². The summed E-state index contributed by atoms with van der Waals surface area (Å²) < 4.78 is 4.83. The molecule has 1 fully saturated rings. The van der Waals surface area contributed by atoms with Crippen LogP contribution in [-0.4, -0.2) is 37.6 Å². The number of hydrogen-bond acceptors (Lipinski definition) is 4. The van der Waals surface area contributed by atoms with Crippen LogP contribution in [0.4, 0.5) is 0 Å². The van der Waals surface area contributed by atoms with Crippen molar-refractivity contribution in [3.8, 4) is 0 Å². The molecule has 0 radical (unpaired) electrons. The quantitative estimate of drug-likeness (QED) is 0.812. The Labute approximate surface area is 114 Å². The average Bonchev–Trinajstić information content (AvgIpc) is 2.89. The van der Waals surface area contributed by atoms with Crippen LogP contribution >= 0.6 is 0 Å². The highest BCUT2D eigenvalue weighted by molar-refractivity contribution is 5.73. The fourth-order valence-corrected chi connectivity index (χ4v) is 2.81. The van der Waals surface area contributed by atoms with Gasteiger partial charge in [-0.2, -0.15) is 0 Å². The Hall–Kier alpha value is -1.39. The third-order valence-corrected chi connectivity index (χ3v) is 3.88. The van der Waals surface area contributed by atoms with Crippen LogP contribution in [0.2, 0.25) is 0 Å². The number of likely N-dealkylation sites (tertiary alicyclic amines) is 1. The second kappa shape index (κ2) is 6.68. The molecule has 0 saturated carbocycles. The predicted octanol–water partition coefficient (Wildman–Crippen LogP) is 1.26. The van der Waals surface area contributed by atoms with E-state index in [2.05, 4.69) is 29.2 Å². The van der Waals surface area contributed by atoms with Crippen molar-refractivity contribution in [2.45, 2.75) is 13.0 Å². The highest BCUT2D eigenvalue weighted by Gasteiger charge is 2.33. The predicted molar refractivity (Wildman–Crippen MR) is 74.4 cm³/mol. The van der Waals surface area contributed by atoms with Gasteiger partial charge in [0, 0.05) is 19.6 Å². The molecule has 2 atom stereocenters. The van der Waals surface area contributed by atoms with Crippen molar-refractivity contribution in [1.29, 1.82) is 0 Å². The molecule has 4 heteroatoms. The van der Waals surface area contributed by atoms with Gasteiger partial charge in [-0.15, -0.1) is 0 Å². The number of benzene rings is 1. The molecule has 2 N–H and O–H groups in total. The summed E-state index contributed by atoms with van der Waals surface area (Å²) in [5.41, 5.74) is 7.02. The highest BCUT2D eigenvalue weighted by Crippen LogP contribution is 2.25. The third kappa shape index (κ3) is 3.55. The molecule has 2 unspecified atom stereocenters. The van der Waals surface area contributed by atoms with Crippen LogP contribution in [0.25, 0.3) is 0 Å². The Kier molecular flexibility index (Phi) is 4.93. The third-order valence-electron chi connectivity index (χ3n) is 3.88. The number of carbonyl (C=O) groups is 1. The first-order valence-electron chi connectivity index (χ1n) is 6.78. The van der Waals surface area contributed by atoms with Crippen LogP contribution in [0.1, 0.15) is 12.0 Å². The Morgan fingerprint density at radius 2 is 2.21 bits per heavy atom. The van der Waals surface area contributed by atoms with Crippen LogP contribution in [-0.2, 0) is 16.1 Å². The molecule has 2 rings (SSSR count). The number of carbonyl (C=O) groups excluding carboxylic acids is 1. The van der Waals surface area contributed by atoms with E-state index < -0.39 is 0 Å². The van der Waals surface area contributed by atoms with E-state index in [1.807, 2.05) is 6.07 Å². The number of ether oxygens (including phenoxy) is 1. The monoisotopic (exact) mass is 262 g/mol. The summed E-state index contributed by atoms with van der Waals surface area (Å²) in [6.45, 7) is 3.26. The molecule has 0 aromatic heterocycles. The van der Waals surface area contributed by atoms with E-state index in [9.17, 15) is 4.79 Å². The zero-order valence-electron chi connectivity index (χ0n) is 11.4. The zero-order valence-corrected chi connectivity index (χ0v) is 11.4. The minimum Gasteiger partial charge on any atom is -0.469 e. The number of esters is 1. The van der Waals surface area contributed by atoms with Gasteiger partial charge in [0.25, 0.3) is 0 Å². The van der Waals surface area contributed by atoms with Gasteiger partial charge in [-0.1, -0.05) is 30.3 Å². The molecule has 0 amide bonds. The summed E-state index contributed by atoms with van der Waals surface area (Å²) in [6, 6.07) is 10.4. The highest BCUT2D eigenvalue weighted by atomic mass is 16.5. The summed E-state index contributed by atoms with van der Waals surface area (Å²) in [5, 5.41) is 0. The first-order valence-corrected chi connectivity index (χ1v) is 6.78. The smallest absolute Gasteiger partial charge is 0.310 e. The summed E-state index contributed by atoms with van der Waals surface area (Å²) in [7, 11) is 1.43. The summed E-state index contributed by atoms with van der Waals surface area (Å²) in [6.07, 6.45) is 1.02.